The van der Waals surface area contributed by atoms with Gasteiger partial charge in [0.05, 0.1) is 40.6 Å². The molecular formula is C22H19N3O4S. The van der Waals surface area contributed by atoms with Crippen molar-refractivity contribution in [2.24, 2.45) is 0 Å². The Bertz CT molecular complexity index is 1180. The van der Waals surface area contributed by atoms with Gasteiger partial charge in [0, 0.05) is 6.61 Å². The van der Waals surface area contributed by atoms with Crippen LogP contribution in [0.2, 0.25) is 0 Å². The normalized spacial score (nSPS) is 18.4. The number of carbonyl (C=O) groups is 2. The average Bonchev–Trinajstić information content (AvgIpc) is 3.37. The average molecular weight is 421 g/mol. The molecule has 1 unspecified atom stereocenters. The molecule has 0 spiro atoms. The highest BCUT2D eigenvalue weighted by Crippen LogP contribution is 2.27. The number of para-hydroxylation sites is 1. The van der Waals surface area contributed by atoms with Crippen molar-refractivity contribution in [3.63, 3.8) is 0 Å². The lowest BCUT2D eigenvalue weighted by Crippen LogP contribution is -2.31. The van der Waals surface area contributed by atoms with Gasteiger partial charge in [-0.05, 0) is 37.1 Å². The lowest BCUT2D eigenvalue weighted by atomic mass is 10.1. The number of hydrogen-bond donors (Lipinski definition) is 0. The first-order valence-electron chi connectivity index (χ1n) is 9.82. The number of aromatic nitrogens is 2. The van der Waals surface area contributed by atoms with E-state index in [-0.39, 0.29) is 29.4 Å². The third-order valence-electron chi connectivity index (χ3n) is 5.44. The van der Waals surface area contributed by atoms with Gasteiger partial charge in [-0.2, -0.15) is 0 Å². The number of rotatable bonds is 5. The van der Waals surface area contributed by atoms with E-state index in [9.17, 15) is 14.4 Å². The molecule has 1 atom stereocenters. The first kappa shape index (κ1) is 19.0. The fourth-order valence-corrected chi connectivity index (χ4v) is 4.84. The molecule has 152 valence electrons. The summed E-state index contributed by atoms with van der Waals surface area (Å²) in [7, 11) is 0. The zero-order valence-corrected chi connectivity index (χ0v) is 16.9. The molecular weight excluding hydrogens is 402 g/mol. The van der Waals surface area contributed by atoms with Gasteiger partial charge >= 0.3 is 0 Å². The van der Waals surface area contributed by atoms with Crippen molar-refractivity contribution in [1.29, 1.82) is 0 Å². The van der Waals surface area contributed by atoms with Gasteiger partial charge in [-0.3, -0.25) is 23.9 Å². The minimum Gasteiger partial charge on any atom is -0.376 e. The summed E-state index contributed by atoms with van der Waals surface area (Å²) in [4.78, 5) is 44.3. The topological polar surface area (TPSA) is 81.5 Å². The number of hydrogen-bond acceptors (Lipinski definition) is 6. The molecule has 2 aromatic carbocycles. The van der Waals surface area contributed by atoms with Gasteiger partial charge in [0.2, 0.25) is 0 Å². The zero-order valence-electron chi connectivity index (χ0n) is 16.1. The Labute approximate surface area is 176 Å². The van der Waals surface area contributed by atoms with E-state index < -0.39 is 0 Å². The summed E-state index contributed by atoms with van der Waals surface area (Å²) >= 11 is 1.22. The van der Waals surface area contributed by atoms with Crippen molar-refractivity contribution in [2.75, 3.05) is 12.5 Å². The molecule has 2 amide bonds. The molecule has 0 N–H and O–H groups in total. The monoisotopic (exact) mass is 421 g/mol. The SMILES string of the molecule is O=C1c2ccccc2C(=O)N1CSc1nc2ccccc2c(=O)n1CC1CCCO1. The van der Waals surface area contributed by atoms with Gasteiger partial charge in [-0.1, -0.05) is 36.0 Å². The maximum atomic E-state index is 13.1. The number of amides is 2. The van der Waals surface area contributed by atoms with Crippen molar-refractivity contribution < 1.29 is 14.3 Å². The molecule has 0 aliphatic carbocycles. The van der Waals surface area contributed by atoms with E-state index in [1.807, 2.05) is 12.1 Å². The molecule has 3 aromatic rings. The second-order valence-corrected chi connectivity index (χ2v) is 8.23. The Morgan fingerprint density at radius 3 is 2.40 bits per heavy atom. The van der Waals surface area contributed by atoms with E-state index in [2.05, 4.69) is 4.98 Å². The van der Waals surface area contributed by atoms with Crippen LogP contribution in [0.15, 0.2) is 58.5 Å². The third kappa shape index (κ3) is 3.22. The fraction of sp³-hybridized carbons (Fsp3) is 0.273. The van der Waals surface area contributed by atoms with Crippen LogP contribution in [0.5, 0.6) is 0 Å². The van der Waals surface area contributed by atoms with Crippen LogP contribution in [-0.4, -0.2) is 44.9 Å². The van der Waals surface area contributed by atoms with Crippen molar-refractivity contribution >= 4 is 34.5 Å². The van der Waals surface area contributed by atoms with Gasteiger partial charge in [-0.15, -0.1) is 0 Å². The van der Waals surface area contributed by atoms with Crippen LogP contribution in [0.4, 0.5) is 0 Å². The van der Waals surface area contributed by atoms with Crippen LogP contribution in [0.1, 0.15) is 33.6 Å². The predicted molar refractivity (Wildman–Crippen MR) is 113 cm³/mol. The molecule has 2 aliphatic heterocycles. The molecule has 30 heavy (non-hydrogen) atoms. The van der Waals surface area contributed by atoms with E-state index >= 15 is 0 Å². The summed E-state index contributed by atoms with van der Waals surface area (Å²) in [5.41, 5.74) is 1.27. The Kier molecular flexibility index (Phi) is 4.88. The second kappa shape index (κ2) is 7.70. The molecule has 1 fully saturated rings. The number of imide groups is 1. The highest BCUT2D eigenvalue weighted by molar-refractivity contribution is 7.99. The van der Waals surface area contributed by atoms with Crippen LogP contribution in [0.25, 0.3) is 10.9 Å². The van der Waals surface area contributed by atoms with Gasteiger partial charge < -0.3 is 4.74 Å². The number of ether oxygens (including phenoxy) is 1. The number of thioether (sulfide) groups is 1. The van der Waals surface area contributed by atoms with E-state index in [1.165, 1.54) is 16.7 Å². The van der Waals surface area contributed by atoms with E-state index in [1.54, 1.807) is 41.0 Å². The zero-order chi connectivity index (χ0) is 20.7. The third-order valence-corrected chi connectivity index (χ3v) is 6.39. The molecule has 8 heteroatoms. The Hall–Kier alpha value is -2.97. The Balaban J connectivity index is 1.47. The van der Waals surface area contributed by atoms with Gasteiger partial charge in [0.1, 0.15) is 0 Å². The fourth-order valence-electron chi connectivity index (χ4n) is 3.89. The molecule has 3 heterocycles. The van der Waals surface area contributed by atoms with Gasteiger partial charge in [-0.25, -0.2) is 4.98 Å². The summed E-state index contributed by atoms with van der Waals surface area (Å²) < 4.78 is 7.33. The molecule has 0 saturated carbocycles. The van der Waals surface area contributed by atoms with Gasteiger partial charge in [0.15, 0.2) is 5.16 Å². The minimum atomic E-state index is -0.322. The van der Waals surface area contributed by atoms with E-state index in [4.69, 9.17) is 4.74 Å². The molecule has 2 aliphatic rings. The minimum absolute atomic E-state index is 0.0377. The van der Waals surface area contributed by atoms with Crippen molar-refractivity contribution in [2.45, 2.75) is 30.6 Å². The summed E-state index contributed by atoms with van der Waals surface area (Å²) in [5.74, 6) is -0.559. The van der Waals surface area contributed by atoms with Crippen molar-refractivity contribution in [3.05, 3.63) is 70.0 Å². The lowest BCUT2D eigenvalue weighted by Gasteiger charge is -2.18. The first-order valence-corrected chi connectivity index (χ1v) is 10.8. The smallest absolute Gasteiger partial charge is 0.262 e. The standard InChI is InChI=1S/C22H19N3O4S/c26-19-15-7-1-2-8-16(15)20(27)25(19)13-30-22-23-18-10-4-3-9-17(18)21(28)24(22)12-14-6-5-11-29-14/h1-4,7-10,14H,5-6,11-13H2. The van der Waals surface area contributed by atoms with E-state index in [0.29, 0.717) is 40.3 Å². The maximum absolute atomic E-state index is 13.1. The summed E-state index contributed by atoms with van der Waals surface area (Å²) in [5, 5.41) is 1.02. The highest BCUT2D eigenvalue weighted by atomic mass is 32.2. The Morgan fingerprint density at radius 1 is 1.00 bits per heavy atom. The second-order valence-electron chi connectivity index (χ2n) is 7.32. The summed E-state index contributed by atoms with van der Waals surface area (Å²) in [6, 6.07) is 14.0. The number of carbonyl (C=O) groups excluding carboxylic acids is 2. The van der Waals surface area contributed by atoms with Crippen molar-refractivity contribution in [3.8, 4) is 0 Å². The maximum Gasteiger partial charge on any atom is 0.262 e. The van der Waals surface area contributed by atoms with Crippen LogP contribution in [0.3, 0.4) is 0 Å². The quantitative estimate of drug-likeness (QED) is 0.358. The lowest BCUT2D eigenvalue weighted by molar-refractivity contribution is 0.0683. The van der Waals surface area contributed by atoms with Crippen LogP contribution in [-0.2, 0) is 11.3 Å². The predicted octanol–water partition coefficient (Wildman–Crippen LogP) is 2.92. The summed E-state index contributed by atoms with van der Waals surface area (Å²) in [6.07, 6.45) is 1.82. The molecule has 7 nitrogen and oxygen atoms in total. The molecule has 1 aromatic heterocycles. The van der Waals surface area contributed by atoms with Crippen LogP contribution >= 0.6 is 11.8 Å². The van der Waals surface area contributed by atoms with Crippen LogP contribution in [0, 0.1) is 0 Å². The van der Waals surface area contributed by atoms with Gasteiger partial charge in [0.25, 0.3) is 17.4 Å². The molecule has 5 rings (SSSR count). The molecule has 0 bridgehead atoms. The number of fused-ring (bicyclic) bond motifs is 2. The highest BCUT2D eigenvalue weighted by Gasteiger charge is 2.35. The van der Waals surface area contributed by atoms with E-state index in [0.717, 1.165) is 12.8 Å². The largest absolute Gasteiger partial charge is 0.376 e. The Morgan fingerprint density at radius 2 is 1.70 bits per heavy atom. The van der Waals surface area contributed by atoms with Crippen molar-refractivity contribution in [1.82, 2.24) is 14.5 Å². The molecule has 1 saturated heterocycles. The summed E-state index contributed by atoms with van der Waals surface area (Å²) in [6.45, 7) is 1.10. The number of nitrogens with zero attached hydrogens (tertiary/aromatic N) is 3. The van der Waals surface area contributed by atoms with Crippen LogP contribution < -0.4 is 5.56 Å². The first-order chi connectivity index (χ1) is 14.6. The molecule has 0 radical (unpaired) electrons. The number of benzene rings is 2.